The number of aromatic nitrogens is 1. The number of carbonyl (C=O) groups excluding carboxylic acids is 2. The minimum absolute atomic E-state index is 0.0473. The van der Waals surface area contributed by atoms with Crippen LogP contribution in [0.2, 0.25) is 0 Å². The summed E-state index contributed by atoms with van der Waals surface area (Å²) in [6, 6.07) is 7.18. The summed E-state index contributed by atoms with van der Waals surface area (Å²) in [6.07, 6.45) is 4.43. The van der Waals surface area contributed by atoms with Gasteiger partial charge < -0.3 is 20.3 Å². The lowest BCUT2D eigenvalue weighted by Crippen LogP contribution is -2.42. The van der Waals surface area contributed by atoms with Gasteiger partial charge in [-0.15, -0.1) is 0 Å². The second-order valence-corrected chi connectivity index (χ2v) is 8.57. The van der Waals surface area contributed by atoms with E-state index in [1.54, 1.807) is 30.2 Å². The molecule has 4 rings (SSSR count). The molecule has 2 aromatic rings. The maximum atomic E-state index is 12.3. The fourth-order valence-electron chi connectivity index (χ4n) is 3.78. The SMILES string of the molecule is CC(=O)N1CCC[C@@H]1c1cc(N)c(I)cc1Oc1ccc(C(=O)N2CCC2)nc1. The lowest BCUT2D eigenvalue weighted by atomic mass is 10.0. The van der Waals surface area contributed by atoms with Crippen LogP contribution in [-0.4, -0.2) is 46.2 Å². The van der Waals surface area contributed by atoms with E-state index >= 15 is 0 Å². The molecule has 2 N–H and O–H groups in total. The van der Waals surface area contributed by atoms with E-state index < -0.39 is 0 Å². The van der Waals surface area contributed by atoms with E-state index in [4.69, 9.17) is 10.5 Å². The summed E-state index contributed by atoms with van der Waals surface area (Å²) in [5, 5.41) is 0. The smallest absolute Gasteiger partial charge is 0.272 e. The first-order valence-corrected chi connectivity index (χ1v) is 10.8. The largest absolute Gasteiger partial charge is 0.455 e. The zero-order valence-electron chi connectivity index (χ0n) is 16.2. The van der Waals surface area contributed by atoms with Gasteiger partial charge in [-0.25, -0.2) is 4.98 Å². The van der Waals surface area contributed by atoms with Gasteiger partial charge in [-0.3, -0.25) is 9.59 Å². The highest BCUT2D eigenvalue weighted by molar-refractivity contribution is 14.1. The third-order valence-electron chi connectivity index (χ3n) is 5.47. The Bertz CT molecular complexity index is 944. The number of rotatable bonds is 4. The summed E-state index contributed by atoms with van der Waals surface area (Å²) in [4.78, 5) is 32.2. The Kier molecular flexibility index (Phi) is 5.62. The number of hydrogen-bond acceptors (Lipinski definition) is 5. The van der Waals surface area contributed by atoms with Gasteiger partial charge in [-0.2, -0.15) is 0 Å². The average molecular weight is 506 g/mol. The molecule has 2 aliphatic heterocycles. The second kappa shape index (κ2) is 8.17. The molecule has 1 aromatic carbocycles. The van der Waals surface area contributed by atoms with Gasteiger partial charge in [0.05, 0.1) is 12.2 Å². The lowest BCUT2D eigenvalue weighted by Gasteiger charge is -2.30. The van der Waals surface area contributed by atoms with Crippen molar-refractivity contribution in [3.63, 3.8) is 0 Å². The predicted octanol–water partition coefficient (Wildman–Crippen LogP) is 3.59. The topological polar surface area (TPSA) is 88.8 Å². The Hall–Kier alpha value is -2.36. The summed E-state index contributed by atoms with van der Waals surface area (Å²) in [5.41, 5.74) is 8.13. The maximum Gasteiger partial charge on any atom is 0.272 e. The maximum absolute atomic E-state index is 12.3. The monoisotopic (exact) mass is 506 g/mol. The van der Waals surface area contributed by atoms with Gasteiger partial charge in [0, 0.05) is 41.4 Å². The van der Waals surface area contributed by atoms with Crippen molar-refractivity contribution >= 4 is 40.1 Å². The molecular weight excluding hydrogens is 483 g/mol. The van der Waals surface area contributed by atoms with Gasteiger partial charge >= 0.3 is 0 Å². The summed E-state index contributed by atoms with van der Waals surface area (Å²) in [5.74, 6) is 1.20. The number of benzene rings is 1. The Balaban J connectivity index is 1.60. The zero-order valence-corrected chi connectivity index (χ0v) is 18.4. The molecule has 0 saturated carbocycles. The highest BCUT2D eigenvalue weighted by Crippen LogP contribution is 2.41. The Morgan fingerprint density at radius 1 is 1.21 bits per heavy atom. The van der Waals surface area contributed by atoms with Crippen molar-refractivity contribution in [1.29, 1.82) is 0 Å². The van der Waals surface area contributed by atoms with E-state index in [0.717, 1.165) is 48.0 Å². The summed E-state index contributed by atoms with van der Waals surface area (Å²) in [7, 11) is 0. The van der Waals surface area contributed by atoms with E-state index in [1.807, 2.05) is 17.0 Å². The number of likely N-dealkylation sites (tertiary alicyclic amines) is 2. The number of hydrogen-bond donors (Lipinski definition) is 1. The lowest BCUT2D eigenvalue weighted by molar-refractivity contribution is -0.129. The zero-order chi connectivity index (χ0) is 20.5. The van der Waals surface area contributed by atoms with Crippen LogP contribution in [0.3, 0.4) is 0 Å². The quantitative estimate of drug-likeness (QED) is 0.506. The Labute approximate surface area is 183 Å². The number of ether oxygens (including phenoxy) is 1. The molecule has 1 atom stereocenters. The van der Waals surface area contributed by atoms with E-state index in [-0.39, 0.29) is 17.9 Å². The number of anilines is 1. The molecule has 0 aliphatic carbocycles. The van der Waals surface area contributed by atoms with Crippen LogP contribution in [-0.2, 0) is 4.79 Å². The van der Waals surface area contributed by atoms with Crippen molar-refractivity contribution in [2.75, 3.05) is 25.4 Å². The van der Waals surface area contributed by atoms with Crippen molar-refractivity contribution in [3.05, 3.63) is 45.3 Å². The molecule has 2 amide bonds. The van der Waals surface area contributed by atoms with Gasteiger partial charge in [0.15, 0.2) is 0 Å². The van der Waals surface area contributed by atoms with Crippen LogP contribution < -0.4 is 10.5 Å². The first-order chi connectivity index (χ1) is 13.9. The molecule has 2 aliphatic rings. The molecule has 0 spiro atoms. The predicted molar refractivity (Wildman–Crippen MR) is 118 cm³/mol. The average Bonchev–Trinajstić information content (AvgIpc) is 3.13. The summed E-state index contributed by atoms with van der Waals surface area (Å²) in [6.45, 7) is 3.91. The van der Waals surface area contributed by atoms with Gasteiger partial charge in [0.1, 0.15) is 17.2 Å². The number of nitrogen functional groups attached to an aromatic ring is 1. The van der Waals surface area contributed by atoms with Crippen LogP contribution >= 0.6 is 22.6 Å². The number of nitrogens with zero attached hydrogens (tertiary/aromatic N) is 3. The van der Waals surface area contributed by atoms with Crippen molar-refractivity contribution in [2.45, 2.75) is 32.2 Å². The van der Waals surface area contributed by atoms with Crippen molar-refractivity contribution in [3.8, 4) is 11.5 Å². The molecule has 152 valence electrons. The first-order valence-electron chi connectivity index (χ1n) is 9.73. The molecule has 7 nitrogen and oxygen atoms in total. The molecule has 2 fully saturated rings. The first kappa shape index (κ1) is 19.9. The number of amides is 2. The molecule has 8 heteroatoms. The van der Waals surface area contributed by atoms with E-state index in [9.17, 15) is 9.59 Å². The molecule has 3 heterocycles. The molecule has 1 aromatic heterocycles. The summed E-state index contributed by atoms with van der Waals surface area (Å²) >= 11 is 2.17. The van der Waals surface area contributed by atoms with Gasteiger partial charge in [0.2, 0.25) is 5.91 Å². The molecule has 2 saturated heterocycles. The third-order valence-corrected chi connectivity index (χ3v) is 6.41. The van der Waals surface area contributed by atoms with Crippen molar-refractivity contribution in [1.82, 2.24) is 14.8 Å². The van der Waals surface area contributed by atoms with E-state index in [0.29, 0.717) is 22.9 Å². The van der Waals surface area contributed by atoms with E-state index in [1.165, 1.54) is 0 Å². The Morgan fingerprint density at radius 3 is 2.62 bits per heavy atom. The number of pyridine rings is 1. The fraction of sp³-hybridized carbons (Fsp3) is 0.381. The minimum atomic E-state index is -0.0537. The van der Waals surface area contributed by atoms with Gasteiger partial charge in [-0.1, -0.05) is 0 Å². The minimum Gasteiger partial charge on any atom is -0.455 e. The molecule has 0 unspecified atom stereocenters. The number of halogens is 1. The Morgan fingerprint density at radius 2 is 2.00 bits per heavy atom. The van der Waals surface area contributed by atoms with Crippen LogP contribution in [0.15, 0.2) is 30.5 Å². The number of carbonyl (C=O) groups is 2. The third kappa shape index (κ3) is 4.03. The van der Waals surface area contributed by atoms with Gasteiger partial charge in [0.25, 0.3) is 5.91 Å². The molecule has 29 heavy (non-hydrogen) atoms. The normalized spacial score (nSPS) is 18.5. The van der Waals surface area contributed by atoms with Crippen molar-refractivity contribution in [2.24, 2.45) is 0 Å². The second-order valence-electron chi connectivity index (χ2n) is 7.41. The summed E-state index contributed by atoms with van der Waals surface area (Å²) < 4.78 is 7.02. The standard InChI is InChI=1S/C21H23IN4O3/c1-13(27)26-9-2-4-19(26)15-10-17(23)16(22)11-20(15)29-14-5-6-18(24-12-14)21(28)25-7-3-8-25/h5-6,10-12,19H,2-4,7-9,23H2,1H3/t19-/m1/s1. The van der Waals surface area contributed by atoms with Gasteiger partial charge in [-0.05, 0) is 66.1 Å². The molecule has 0 radical (unpaired) electrons. The van der Waals surface area contributed by atoms with Crippen LogP contribution in [0, 0.1) is 3.57 Å². The molecule has 0 bridgehead atoms. The highest BCUT2D eigenvalue weighted by atomic mass is 127. The van der Waals surface area contributed by atoms with Crippen LogP contribution in [0.4, 0.5) is 5.69 Å². The fourth-order valence-corrected chi connectivity index (χ4v) is 4.22. The van der Waals surface area contributed by atoms with E-state index in [2.05, 4.69) is 27.6 Å². The van der Waals surface area contributed by atoms with Crippen LogP contribution in [0.25, 0.3) is 0 Å². The van der Waals surface area contributed by atoms with Crippen LogP contribution in [0.5, 0.6) is 11.5 Å². The highest BCUT2D eigenvalue weighted by Gasteiger charge is 2.31. The van der Waals surface area contributed by atoms with Crippen LogP contribution in [0.1, 0.15) is 48.3 Å². The molecular formula is C21H23IN4O3. The number of nitrogens with two attached hydrogens (primary N) is 1. The van der Waals surface area contributed by atoms with Crippen molar-refractivity contribution < 1.29 is 14.3 Å².